The summed E-state index contributed by atoms with van der Waals surface area (Å²) < 4.78 is 2.10. The molecule has 2 N–H and O–H groups in total. The van der Waals surface area contributed by atoms with Crippen LogP contribution in [0.5, 0.6) is 0 Å². The van der Waals surface area contributed by atoms with Crippen molar-refractivity contribution in [1.29, 1.82) is 0 Å². The Hall–Kier alpha value is -3.70. The summed E-state index contributed by atoms with van der Waals surface area (Å²) in [5.74, 6) is 0. The van der Waals surface area contributed by atoms with Crippen LogP contribution in [0.4, 0.5) is 0 Å². The second-order valence-electron chi connectivity index (χ2n) is 7.40. The minimum atomic E-state index is 0.163. The Labute approximate surface area is 175 Å². The fraction of sp³-hybridized carbons (Fsp3) is 0.120. The molecule has 2 heterocycles. The van der Waals surface area contributed by atoms with Gasteiger partial charge in [-0.05, 0) is 16.3 Å². The summed E-state index contributed by atoms with van der Waals surface area (Å²) in [4.78, 5) is 4.18. The van der Waals surface area contributed by atoms with Gasteiger partial charge in [0.15, 0.2) is 0 Å². The molecule has 148 valence electrons. The fourth-order valence-electron chi connectivity index (χ4n) is 3.93. The molecule has 0 spiro atoms. The minimum Gasteiger partial charge on any atom is -0.336 e. The Bertz CT molecular complexity index is 1220. The first-order valence-corrected chi connectivity index (χ1v) is 10.1. The topological polar surface area (TPSA) is 58.5 Å². The molecule has 0 bridgehead atoms. The highest BCUT2D eigenvalue weighted by atomic mass is 15.1. The van der Waals surface area contributed by atoms with Gasteiger partial charge >= 0.3 is 0 Å². The minimum absolute atomic E-state index is 0.163. The molecule has 0 aliphatic heterocycles. The van der Waals surface area contributed by atoms with E-state index in [4.69, 9.17) is 0 Å². The van der Waals surface area contributed by atoms with E-state index in [2.05, 4.69) is 91.8 Å². The molecule has 0 aliphatic carbocycles. The molecular weight excluding hydrogens is 370 g/mol. The van der Waals surface area contributed by atoms with Crippen molar-refractivity contribution in [3.8, 4) is 11.3 Å². The summed E-state index contributed by atoms with van der Waals surface area (Å²) in [5, 5.41) is 13.7. The number of imidazole rings is 1. The first kappa shape index (κ1) is 18.3. The average Bonchev–Trinajstić information content (AvgIpc) is 3.49. The van der Waals surface area contributed by atoms with E-state index < -0.39 is 0 Å². The van der Waals surface area contributed by atoms with Crippen molar-refractivity contribution in [3.63, 3.8) is 0 Å². The maximum atomic E-state index is 4.35. The molecule has 1 atom stereocenters. The number of fused-ring (bicyclic) bond motifs is 1. The zero-order valence-electron chi connectivity index (χ0n) is 16.6. The maximum absolute atomic E-state index is 4.35. The lowest BCUT2D eigenvalue weighted by atomic mass is 10.00. The predicted molar refractivity (Wildman–Crippen MR) is 120 cm³/mol. The van der Waals surface area contributed by atoms with Crippen molar-refractivity contribution < 1.29 is 0 Å². The molecule has 0 radical (unpaired) electrons. The number of aromatic nitrogens is 4. The van der Waals surface area contributed by atoms with Crippen LogP contribution in [0, 0.1) is 0 Å². The number of H-pyrrole nitrogens is 1. The number of hydrogen-bond acceptors (Lipinski definition) is 3. The van der Waals surface area contributed by atoms with Gasteiger partial charge in [0.05, 0.1) is 24.3 Å². The van der Waals surface area contributed by atoms with E-state index in [-0.39, 0.29) is 6.04 Å². The van der Waals surface area contributed by atoms with E-state index in [1.807, 2.05) is 31.0 Å². The molecule has 0 saturated heterocycles. The van der Waals surface area contributed by atoms with Gasteiger partial charge in [-0.1, -0.05) is 72.8 Å². The van der Waals surface area contributed by atoms with Crippen molar-refractivity contribution in [1.82, 2.24) is 25.1 Å². The van der Waals surface area contributed by atoms with Crippen LogP contribution in [-0.2, 0) is 13.1 Å². The van der Waals surface area contributed by atoms with Crippen LogP contribution in [0.3, 0.4) is 0 Å². The van der Waals surface area contributed by atoms with E-state index in [1.54, 1.807) is 0 Å². The number of aromatic amines is 1. The smallest absolute Gasteiger partial charge is 0.0946 e. The molecule has 30 heavy (non-hydrogen) atoms. The van der Waals surface area contributed by atoms with Gasteiger partial charge in [-0.2, -0.15) is 5.10 Å². The van der Waals surface area contributed by atoms with Crippen LogP contribution < -0.4 is 5.32 Å². The van der Waals surface area contributed by atoms with Crippen LogP contribution in [-0.4, -0.2) is 19.7 Å². The zero-order chi connectivity index (χ0) is 20.2. The average molecular weight is 393 g/mol. The quantitative estimate of drug-likeness (QED) is 0.411. The van der Waals surface area contributed by atoms with E-state index in [1.165, 1.54) is 21.9 Å². The normalized spacial score (nSPS) is 12.3. The second kappa shape index (κ2) is 8.35. The Kier molecular flexibility index (Phi) is 5.10. The van der Waals surface area contributed by atoms with Crippen molar-refractivity contribution >= 4 is 10.8 Å². The summed E-state index contributed by atoms with van der Waals surface area (Å²) in [6, 6.07) is 25.5. The van der Waals surface area contributed by atoms with Crippen molar-refractivity contribution in [2.75, 3.05) is 0 Å². The first-order chi connectivity index (χ1) is 14.9. The van der Waals surface area contributed by atoms with Gasteiger partial charge in [0.1, 0.15) is 0 Å². The highest BCUT2D eigenvalue weighted by Gasteiger charge is 2.15. The third-order valence-electron chi connectivity index (χ3n) is 5.47. The summed E-state index contributed by atoms with van der Waals surface area (Å²) in [6.07, 6.45) is 7.59. The van der Waals surface area contributed by atoms with Crippen LogP contribution >= 0.6 is 0 Å². The first-order valence-electron chi connectivity index (χ1n) is 10.1. The lowest BCUT2D eigenvalue weighted by molar-refractivity contribution is 0.462. The van der Waals surface area contributed by atoms with Gasteiger partial charge in [0.2, 0.25) is 0 Å². The van der Waals surface area contributed by atoms with E-state index in [0.717, 1.165) is 17.8 Å². The monoisotopic (exact) mass is 393 g/mol. The van der Waals surface area contributed by atoms with Crippen LogP contribution in [0.15, 0.2) is 97.7 Å². The van der Waals surface area contributed by atoms with Gasteiger partial charge in [-0.25, -0.2) is 4.98 Å². The number of rotatable bonds is 7. The van der Waals surface area contributed by atoms with Crippen molar-refractivity contribution in [2.24, 2.45) is 0 Å². The Balaban J connectivity index is 1.42. The SMILES string of the molecule is c1ccc([C@@H](Cn2ccnc2)NCc2cn[nH]c2-c2cccc3ccccc23)cc1. The van der Waals surface area contributed by atoms with Crippen LogP contribution in [0.2, 0.25) is 0 Å². The molecule has 5 heteroatoms. The lowest BCUT2D eigenvalue weighted by Crippen LogP contribution is -2.25. The van der Waals surface area contributed by atoms with Gasteiger partial charge in [-0.15, -0.1) is 0 Å². The molecule has 2 aromatic heterocycles. The number of hydrogen-bond donors (Lipinski definition) is 2. The summed E-state index contributed by atoms with van der Waals surface area (Å²) in [6.45, 7) is 1.52. The summed E-state index contributed by atoms with van der Waals surface area (Å²) in [5.41, 5.74) is 4.64. The Morgan fingerprint density at radius 2 is 1.77 bits per heavy atom. The third kappa shape index (κ3) is 3.75. The Morgan fingerprint density at radius 1 is 0.933 bits per heavy atom. The maximum Gasteiger partial charge on any atom is 0.0946 e. The predicted octanol–water partition coefficient (Wildman–Crippen LogP) is 4.96. The van der Waals surface area contributed by atoms with Gasteiger partial charge in [-0.3, -0.25) is 5.10 Å². The fourth-order valence-corrected chi connectivity index (χ4v) is 3.93. The van der Waals surface area contributed by atoms with Crippen molar-refractivity contribution in [2.45, 2.75) is 19.1 Å². The standard InChI is InChI=1S/C25H23N5/c1-2-8-20(9-3-1)24(17-30-14-13-26-18-30)27-15-21-16-28-29-25(21)23-12-6-10-19-7-4-5-11-22(19)23/h1-14,16,18,24,27H,15,17H2,(H,28,29)/t24-/m1/s1. The molecule has 5 rings (SSSR count). The highest BCUT2D eigenvalue weighted by Crippen LogP contribution is 2.29. The van der Waals surface area contributed by atoms with Crippen molar-refractivity contribution in [3.05, 3.63) is 109 Å². The molecule has 0 amide bonds. The number of benzene rings is 3. The highest BCUT2D eigenvalue weighted by molar-refractivity contribution is 5.96. The summed E-state index contributed by atoms with van der Waals surface area (Å²) >= 11 is 0. The van der Waals surface area contributed by atoms with E-state index in [9.17, 15) is 0 Å². The van der Waals surface area contributed by atoms with Crippen LogP contribution in [0.25, 0.3) is 22.0 Å². The molecule has 5 aromatic rings. The molecule has 0 unspecified atom stereocenters. The molecule has 0 aliphatic rings. The van der Waals surface area contributed by atoms with Gasteiger partial charge < -0.3 is 9.88 Å². The van der Waals surface area contributed by atoms with Crippen LogP contribution in [0.1, 0.15) is 17.2 Å². The van der Waals surface area contributed by atoms with Gasteiger partial charge in [0, 0.05) is 36.6 Å². The largest absolute Gasteiger partial charge is 0.336 e. The summed E-state index contributed by atoms with van der Waals surface area (Å²) in [7, 11) is 0. The van der Waals surface area contributed by atoms with Gasteiger partial charge in [0.25, 0.3) is 0 Å². The van der Waals surface area contributed by atoms with E-state index >= 15 is 0 Å². The third-order valence-corrected chi connectivity index (χ3v) is 5.47. The zero-order valence-corrected chi connectivity index (χ0v) is 16.6. The van der Waals surface area contributed by atoms with E-state index in [0.29, 0.717) is 6.54 Å². The number of nitrogens with one attached hydrogen (secondary N) is 2. The number of nitrogens with zero attached hydrogens (tertiary/aromatic N) is 3. The molecule has 3 aromatic carbocycles. The molecule has 5 nitrogen and oxygen atoms in total. The molecular formula is C25H23N5. The molecule has 0 saturated carbocycles. The lowest BCUT2D eigenvalue weighted by Gasteiger charge is -2.20. The second-order valence-corrected chi connectivity index (χ2v) is 7.40. The Morgan fingerprint density at radius 3 is 2.63 bits per heavy atom. The molecule has 0 fully saturated rings.